The molecule has 0 aliphatic carbocycles. The number of hydrogen-bond donors (Lipinski definition) is 0. The van der Waals surface area contributed by atoms with Gasteiger partial charge in [-0.3, -0.25) is 0 Å². The van der Waals surface area contributed by atoms with Gasteiger partial charge in [0.1, 0.15) is 11.8 Å². The Kier molecular flexibility index (Phi) is 3.72. The van der Waals surface area contributed by atoms with Crippen molar-refractivity contribution < 1.29 is 4.55 Å². The molecule has 0 spiro atoms. The minimum atomic E-state index is -1.13. The van der Waals surface area contributed by atoms with Crippen LogP contribution in [0.15, 0.2) is 21.6 Å². The van der Waals surface area contributed by atoms with Crippen LogP contribution in [0.1, 0.15) is 12.6 Å². The lowest BCUT2D eigenvalue weighted by Gasteiger charge is -2.08. The second-order valence-electron chi connectivity index (χ2n) is 2.25. The highest BCUT2D eigenvalue weighted by Gasteiger charge is 2.15. The summed E-state index contributed by atoms with van der Waals surface area (Å²) in [5, 5.41) is 8.69. The Labute approximate surface area is 88.1 Å². The summed E-state index contributed by atoms with van der Waals surface area (Å²) in [6.07, 6.45) is 1.52. The van der Waals surface area contributed by atoms with Gasteiger partial charge in [0.2, 0.25) is 0 Å². The van der Waals surface area contributed by atoms with Crippen molar-refractivity contribution in [3.05, 3.63) is 22.4 Å². The van der Waals surface area contributed by atoms with E-state index in [2.05, 4.69) is 20.9 Å². The normalized spacial score (nSPS) is 12.2. The Hall–Kier alpha value is -0.570. The van der Waals surface area contributed by atoms with Crippen molar-refractivity contribution in [3.8, 4) is 6.07 Å². The first-order chi connectivity index (χ1) is 6.19. The predicted molar refractivity (Wildman–Crippen MR) is 53.6 cm³/mol. The minimum absolute atomic E-state index is 0.239. The third-order valence-electron chi connectivity index (χ3n) is 1.43. The third-order valence-corrected chi connectivity index (χ3v) is 3.19. The van der Waals surface area contributed by atoms with E-state index in [1.54, 1.807) is 13.0 Å². The van der Waals surface area contributed by atoms with Crippen LogP contribution in [0.25, 0.3) is 0 Å². The highest BCUT2D eigenvalue weighted by Crippen LogP contribution is 2.19. The Morgan fingerprint density at radius 1 is 1.77 bits per heavy atom. The van der Waals surface area contributed by atoms with E-state index in [0.717, 1.165) is 4.47 Å². The molecule has 0 bridgehead atoms. The predicted octanol–water partition coefficient (Wildman–Crippen LogP) is 1.84. The fraction of sp³-hybridized carbons (Fsp3) is 0.250. The Morgan fingerprint density at radius 2 is 2.46 bits per heavy atom. The zero-order chi connectivity index (χ0) is 9.84. The summed E-state index contributed by atoms with van der Waals surface area (Å²) in [5.41, 5.74) is 0.239. The molecule has 1 aromatic heterocycles. The van der Waals surface area contributed by atoms with Crippen molar-refractivity contribution in [2.24, 2.45) is 0 Å². The number of halogens is 1. The standard InChI is InChI=1S/C8H7BrN2OS/c1-2-13(12)8-3-6(9)5-11-7(8)4-10/h3,5H,2H2,1H3/t13-/m1/s1. The molecule has 0 amide bonds. The monoisotopic (exact) mass is 258 g/mol. The van der Waals surface area contributed by atoms with Crippen molar-refractivity contribution in [3.63, 3.8) is 0 Å². The largest absolute Gasteiger partial charge is 0.611 e. The summed E-state index contributed by atoms with van der Waals surface area (Å²) in [5.74, 6) is 0.493. The maximum absolute atomic E-state index is 11.4. The average molecular weight is 259 g/mol. The zero-order valence-corrected chi connectivity index (χ0v) is 9.35. The molecular weight excluding hydrogens is 252 g/mol. The summed E-state index contributed by atoms with van der Waals surface area (Å²) in [4.78, 5) is 4.36. The molecule has 0 radical (unpaired) electrons. The highest BCUT2D eigenvalue weighted by atomic mass is 79.9. The summed E-state index contributed by atoms with van der Waals surface area (Å²) in [6, 6.07) is 3.58. The van der Waals surface area contributed by atoms with Crippen LogP contribution in [0.4, 0.5) is 0 Å². The van der Waals surface area contributed by atoms with E-state index < -0.39 is 11.2 Å². The van der Waals surface area contributed by atoms with Gasteiger partial charge in [0.25, 0.3) is 0 Å². The van der Waals surface area contributed by atoms with Crippen LogP contribution in [0, 0.1) is 11.3 Å². The highest BCUT2D eigenvalue weighted by molar-refractivity contribution is 9.10. The number of rotatable bonds is 2. The van der Waals surface area contributed by atoms with Crippen LogP contribution >= 0.6 is 15.9 Å². The van der Waals surface area contributed by atoms with Gasteiger partial charge in [-0.25, -0.2) is 4.98 Å². The van der Waals surface area contributed by atoms with Gasteiger partial charge >= 0.3 is 0 Å². The van der Waals surface area contributed by atoms with Crippen LogP contribution in [-0.4, -0.2) is 15.3 Å². The van der Waals surface area contributed by atoms with Gasteiger partial charge in [-0.2, -0.15) is 5.26 Å². The zero-order valence-electron chi connectivity index (χ0n) is 6.95. The van der Waals surface area contributed by atoms with E-state index in [9.17, 15) is 4.55 Å². The smallest absolute Gasteiger partial charge is 0.195 e. The molecule has 5 heteroatoms. The first-order valence-electron chi connectivity index (χ1n) is 3.63. The molecule has 13 heavy (non-hydrogen) atoms. The molecule has 0 aliphatic heterocycles. The summed E-state index contributed by atoms with van der Waals surface area (Å²) >= 11 is 2.09. The molecule has 68 valence electrons. The van der Waals surface area contributed by atoms with Gasteiger partial charge in [0.15, 0.2) is 10.6 Å². The number of pyridine rings is 1. The SMILES string of the molecule is CC[S@@+]([O-])c1cc(Br)cnc1C#N. The fourth-order valence-electron chi connectivity index (χ4n) is 0.834. The lowest BCUT2D eigenvalue weighted by Crippen LogP contribution is -2.07. The quantitative estimate of drug-likeness (QED) is 0.761. The molecule has 3 nitrogen and oxygen atoms in total. The maximum Gasteiger partial charge on any atom is 0.195 e. The minimum Gasteiger partial charge on any atom is -0.611 e. The molecular formula is C8H7BrN2OS. The van der Waals surface area contributed by atoms with Crippen LogP contribution in [-0.2, 0) is 11.2 Å². The van der Waals surface area contributed by atoms with E-state index in [1.165, 1.54) is 6.20 Å². The molecule has 0 unspecified atom stereocenters. The summed E-state index contributed by atoms with van der Waals surface area (Å²) in [7, 11) is 0. The molecule has 1 aromatic rings. The lowest BCUT2D eigenvalue weighted by molar-refractivity contribution is 0.595. The van der Waals surface area contributed by atoms with Crippen LogP contribution in [0.3, 0.4) is 0 Å². The molecule has 0 aromatic carbocycles. The maximum atomic E-state index is 11.4. The van der Waals surface area contributed by atoms with Crippen LogP contribution in [0.2, 0.25) is 0 Å². The Bertz CT molecular complexity index is 350. The van der Waals surface area contributed by atoms with Crippen molar-refractivity contribution in [1.29, 1.82) is 5.26 Å². The number of aromatic nitrogens is 1. The van der Waals surface area contributed by atoms with E-state index in [-0.39, 0.29) is 5.69 Å². The number of nitriles is 1. The average Bonchev–Trinajstić information content (AvgIpc) is 2.16. The van der Waals surface area contributed by atoms with Crippen molar-refractivity contribution >= 4 is 27.1 Å². The molecule has 0 saturated heterocycles. The molecule has 0 fully saturated rings. The number of hydrogen-bond acceptors (Lipinski definition) is 3. The van der Waals surface area contributed by atoms with Gasteiger partial charge in [-0.1, -0.05) is 0 Å². The first-order valence-corrected chi connectivity index (χ1v) is 5.74. The van der Waals surface area contributed by atoms with Crippen molar-refractivity contribution in [2.45, 2.75) is 11.8 Å². The van der Waals surface area contributed by atoms with Gasteiger partial charge in [0, 0.05) is 16.7 Å². The Balaban J connectivity index is 3.17. The van der Waals surface area contributed by atoms with E-state index in [1.807, 2.05) is 6.07 Å². The molecule has 1 heterocycles. The number of nitrogens with zero attached hydrogens (tertiary/aromatic N) is 2. The van der Waals surface area contributed by atoms with E-state index in [0.29, 0.717) is 10.6 Å². The molecule has 1 atom stereocenters. The topological polar surface area (TPSA) is 59.7 Å². The second-order valence-corrected chi connectivity index (χ2v) is 4.87. The fourth-order valence-corrected chi connectivity index (χ4v) is 2.20. The van der Waals surface area contributed by atoms with Crippen molar-refractivity contribution in [2.75, 3.05) is 5.75 Å². The van der Waals surface area contributed by atoms with Crippen LogP contribution < -0.4 is 0 Å². The third kappa shape index (κ3) is 2.44. The van der Waals surface area contributed by atoms with Gasteiger partial charge < -0.3 is 4.55 Å². The molecule has 0 aliphatic rings. The van der Waals surface area contributed by atoms with E-state index >= 15 is 0 Å². The summed E-state index contributed by atoms with van der Waals surface area (Å²) < 4.78 is 12.2. The van der Waals surface area contributed by atoms with Gasteiger partial charge in [-0.05, 0) is 34.0 Å². The lowest BCUT2D eigenvalue weighted by atomic mass is 10.4. The van der Waals surface area contributed by atoms with Crippen LogP contribution in [0.5, 0.6) is 0 Å². The molecule has 0 saturated carbocycles. The summed E-state index contributed by atoms with van der Waals surface area (Å²) in [6.45, 7) is 1.80. The molecule has 1 rings (SSSR count). The first kappa shape index (κ1) is 10.5. The Morgan fingerprint density at radius 3 is 3.00 bits per heavy atom. The second kappa shape index (κ2) is 4.61. The molecule has 0 N–H and O–H groups in total. The van der Waals surface area contributed by atoms with Gasteiger partial charge in [-0.15, -0.1) is 0 Å². The van der Waals surface area contributed by atoms with Crippen molar-refractivity contribution in [1.82, 2.24) is 4.98 Å². The van der Waals surface area contributed by atoms with Gasteiger partial charge in [0.05, 0.1) is 0 Å². The van der Waals surface area contributed by atoms with E-state index in [4.69, 9.17) is 5.26 Å².